The average molecular weight is 261 g/mol. The minimum Gasteiger partial charge on any atom is -0.478 e. The van der Waals surface area contributed by atoms with E-state index in [0.717, 1.165) is 12.0 Å². The summed E-state index contributed by atoms with van der Waals surface area (Å²) in [6.45, 7) is 0.603. The van der Waals surface area contributed by atoms with Crippen LogP contribution in [0, 0.1) is 0 Å². The van der Waals surface area contributed by atoms with E-state index in [2.05, 4.69) is 15.4 Å². The standard InChI is InChI=1S/C12H15N5O2/c1-17-7-8(6-16-17)2-4-14-11-10(13)9(12(18)19)3-5-15-11/h3,5-7H,2,4,13H2,1H3,(H,14,15)(H,18,19). The Morgan fingerprint density at radius 2 is 2.37 bits per heavy atom. The lowest BCUT2D eigenvalue weighted by atomic mass is 10.2. The first-order chi connectivity index (χ1) is 9.08. The first-order valence-corrected chi connectivity index (χ1v) is 5.77. The largest absolute Gasteiger partial charge is 0.478 e. The number of aromatic carboxylic acids is 1. The number of nitrogens with one attached hydrogen (secondary N) is 1. The molecule has 0 saturated heterocycles. The summed E-state index contributed by atoms with van der Waals surface area (Å²) in [6, 6.07) is 1.38. The van der Waals surface area contributed by atoms with E-state index in [1.54, 1.807) is 10.9 Å². The van der Waals surface area contributed by atoms with Crippen molar-refractivity contribution in [1.29, 1.82) is 0 Å². The predicted octanol–water partition coefficient (Wildman–Crippen LogP) is 0.750. The Kier molecular flexibility index (Phi) is 3.65. The van der Waals surface area contributed by atoms with Gasteiger partial charge >= 0.3 is 5.97 Å². The second kappa shape index (κ2) is 5.38. The molecule has 2 aromatic rings. The molecule has 0 aliphatic carbocycles. The maximum Gasteiger partial charge on any atom is 0.337 e. The number of aromatic nitrogens is 3. The quantitative estimate of drug-likeness (QED) is 0.733. The molecule has 19 heavy (non-hydrogen) atoms. The number of hydrogen-bond donors (Lipinski definition) is 3. The van der Waals surface area contributed by atoms with Gasteiger partial charge in [0, 0.05) is 26.0 Å². The Morgan fingerprint density at radius 1 is 1.58 bits per heavy atom. The van der Waals surface area contributed by atoms with Gasteiger partial charge in [-0.3, -0.25) is 4.68 Å². The topological polar surface area (TPSA) is 106 Å². The summed E-state index contributed by atoms with van der Waals surface area (Å²) in [5, 5.41) is 16.0. The molecule has 0 aliphatic rings. The van der Waals surface area contributed by atoms with Crippen molar-refractivity contribution in [3.8, 4) is 0 Å². The number of anilines is 2. The van der Waals surface area contributed by atoms with Crippen LogP contribution in [0.5, 0.6) is 0 Å². The molecule has 7 nitrogen and oxygen atoms in total. The monoisotopic (exact) mass is 261 g/mol. The van der Waals surface area contributed by atoms with Gasteiger partial charge in [0.1, 0.15) is 5.82 Å². The molecule has 0 atom stereocenters. The SMILES string of the molecule is Cn1cc(CCNc2nccc(C(=O)O)c2N)cn1. The molecule has 0 fully saturated rings. The number of nitrogen functional groups attached to an aromatic ring is 1. The van der Waals surface area contributed by atoms with Gasteiger partial charge in [0.05, 0.1) is 17.4 Å². The van der Waals surface area contributed by atoms with E-state index >= 15 is 0 Å². The fourth-order valence-corrected chi connectivity index (χ4v) is 1.73. The van der Waals surface area contributed by atoms with Crippen molar-refractivity contribution in [2.75, 3.05) is 17.6 Å². The van der Waals surface area contributed by atoms with Crippen molar-refractivity contribution in [2.24, 2.45) is 7.05 Å². The van der Waals surface area contributed by atoms with Gasteiger partial charge in [0.25, 0.3) is 0 Å². The maximum absolute atomic E-state index is 10.9. The van der Waals surface area contributed by atoms with Crippen LogP contribution in [-0.4, -0.2) is 32.4 Å². The first-order valence-electron chi connectivity index (χ1n) is 5.77. The molecule has 2 aromatic heterocycles. The number of nitrogens with zero attached hydrogens (tertiary/aromatic N) is 3. The number of aryl methyl sites for hydroxylation is 1. The number of carboxylic acids is 1. The summed E-state index contributed by atoms with van der Waals surface area (Å²) in [6.07, 6.45) is 5.89. The molecule has 100 valence electrons. The number of rotatable bonds is 5. The highest BCUT2D eigenvalue weighted by Crippen LogP contribution is 2.19. The van der Waals surface area contributed by atoms with Crippen molar-refractivity contribution in [1.82, 2.24) is 14.8 Å². The number of hydrogen-bond acceptors (Lipinski definition) is 5. The van der Waals surface area contributed by atoms with Gasteiger partial charge in [-0.15, -0.1) is 0 Å². The highest BCUT2D eigenvalue weighted by molar-refractivity contribution is 5.96. The summed E-state index contributed by atoms with van der Waals surface area (Å²) in [5.41, 5.74) is 7.04. The molecular formula is C12H15N5O2. The smallest absolute Gasteiger partial charge is 0.337 e. The van der Waals surface area contributed by atoms with E-state index in [4.69, 9.17) is 10.8 Å². The van der Waals surface area contributed by atoms with Crippen LogP contribution in [0.15, 0.2) is 24.7 Å². The van der Waals surface area contributed by atoms with E-state index in [1.807, 2.05) is 13.2 Å². The van der Waals surface area contributed by atoms with E-state index in [9.17, 15) is 4.79 Å². The van der Waals surface area contributed by atoms with E-state index in [1.165, 1.54) is 12.3 Å². The van der Waals surface area contributed by atoms with Gasteiger partial charge in [-0.25, -0.2) is 9.78 Å². The molecule has 0 bridgehead atoms. The van der Waals surface area contributed by atoms with Crippen molar-refractivity contribution in [3.05, 3.63) is 35.8 Å². The Balaban J connectivity index is 2.00. The summed E-state index contributed by atoms with van der Waals surface area (Å²) >= 11 is 0. The van der Waals surface area contributed by atoms with Crippen LogP contribution in [0.2, 0.25) is 0 Å². The summed E-state index contributed by atoms with van der Waals surface area (Å²) in [7, 11) is 1.85. The zero-order valence-electron chi connectivity index (χ0n) is 10.5. The molecule has 0 unspecified atom stereocenters. The molecule has 0 amide bonds. The molecule has 2 rings (SSSR count). The van der Waals surface area contributed by atoms with E-state index in [0.29, 0.717) is 12.4 Å². The average Bonchev–Trinajstić information content (AvgIpc) is 2.77. The normalized spacial score (nSPS) is 10.4. The molecule has 0 saturated carbocycles. The van der Waals surface area contributed by atoms with Gasteiger partial charge in [-0.2, -0.15) is 5.10 Å². The van der Waals surface area contributed by atoms with E-state index < -0.39 is 5.97 Å². The molecule has 4 N–H and O–H groups in total. The van der Waals surface area contributed by atoms with Crippen LogP contribution >= 0.6 is 0 Å². The Labute approximate surface area is 110 Å². The minimum atomic E-state index is -1.06. The third-order valence-corrected chi connectivity index (χ3v) is 2.69. The van der Waals surface area contributed by atoms with Crippen LogP contribution < -0.4 is 11.1 Å². The molecule has 2 heterocycles. The number of pyridine rings is 1. The van der Waals surface area contributed by atoms with Gasteiger partial charge < -0.3 is 16.2 Å². The number of carbonyl (C=O) groups is 1. The van der Waals surface area contributed by atoms with Gasteiger partial charge in [0.2, 0.25) is 0 Å². The van der Waals surface area contributed by atoms with Crippen LogP contribution in [-0.2, 0) is 13.5 Å². The van der Waals surface area contributed by atoms with Crippen molar-refractivity contribution in [3.63, 3.8) is 0 Å². The minimum absolute atomic E-state index is 0.0545. The third kappa shape index (κ3) is 3.01. The van der Waals surface area contributed by atoms with E-state index in [-0.39, 0.29) is 11.3 Å². The zero-order valence-corrected chi connectivity index (χ0v) is 10.5. The van der Waals surface area contributed by atoms with Crippen molar-refractivity contribution in [2.45, 2.75) is 6.42 Å². The zero-order chi connectivity index (χ0) is 13.8. The highest BCUT2D eigenvalue weighted by Gasteiger charge is 2.11. The summed E-state index contributed by atoms with van der Waals surface area (Å²) in [4.78, 5) is 15.0. The van der Waals surface area contributed by atoms with Crippen LogP contribution in [0.1, 0.15) is 15.9 Å². The van der Waals surface area contributed by atoms with Crippen molar-refractivity contribution >= 4 is 17.5 Å². The Hall–Kier alpha value is -2.57. The summed E-state index contributed by atoms with van der Waals surface area (Å²) in [5.74, 6) is -0.668. The molecule has 7 heteroatoms. The van der Waals surface area contributed by atoms with Gasteiger partial charge in [0.15, 0.2) is 0 Å². The number of nitrogens with two attached hydrogens (primary N) is 1. The second-order valence-corrected chi connectivity index (χ2v) is 4.12. The lowest BCUT2D eigenvalue weighted by molar-refractivity contribution is 0.0698. The molecule has 0 spiro atoms. The van der Waals surface area contributed by atoms with Crippen LogP contribution in [0.3, 0.4) is 0 Å². The second-order valence-electron chi connectivity index (χ2n) is 4.12. The Morgan fingerprint density at radius 3 is 3.00 bits per heavy atom. The molecule has 0 radical (unpaired) electrons. The number of carboxylic acid groups (broad SMARTS) is 1. The predicted molar refractivity (Wildman–Crippen MR) is 71.0 cm³/mol. The van der Waals surface area contributed by atoms with Gasteiger partial charge in [-0.05, 0) is 18.1 Å². The fraction of sp³-hybridized carbons (Fsp3) is 0.250. The van der Waals surface area contributed by atoms with Crippen molar-refractivity contribution < 1.29 is 9.90 Å². The summed E-state index contributed by atoms with van der Waals surface area (Å²) < 4.78 is 1.73. The van der Waals surface area contributed by atoms with Crippen LogP contribution in [0.4, 0.5) is 11.5 Å². The highest BCUT2D eigenvalue weighted by atomic mass is 16.4. The van der Waals surface area contributed by atoms with Gasteiger partial charge in [-0.1, -0.05) is 0 Å². The molecular weight excluding hydrogens is 246 g/mol. The Bertz CT molecular complexity index is 594. The molecule has 0 aliphatic heterocycles. The molecule has 0 aromatic carbocycles. The fourth-order valence-electron chi connectivity index (χ4n) is 1.73. The van der Waals surface area contributed by atoms with Crippen LogP contribution in [0.25, 0.3) is 0 Å². The maximum atomic E-state index is 10.9. The first kappa shape index (κ1) is 12.9. The lowest BCUT2D eigenvalue weighted by Gasteiger charge is -2.09. The third-order valence-electron chi connectivity index (χ3n) is 2.69. The lowest BCUT2D eigenvalue weighted by Crippen LogP contribution is -2.11.